The lowest BCUT2D eigenvalue weighted by atomic mass is 11.9. The van der Waals surface area contributed by atoms with Crippen LogP contribution in [0.3, 0.4) is 0 Å². The van der Waals surface area contributed by atoms with Gasteiger partial charge >= 0.3 is 0 Å². The van der Waals surface area contributed by atoms with Crippen LogP contribution >= 0.6 is 22.2 Å². The molecule has 0 nitrogen and oxygen atoms in total. The number of halogens is 2. The maximum Gasteiger partial charge on any atom is 0.230 e. The van der Waals surface area contributed by atoms with Gasteiger partial charge in [-0.05, 0) is 6.55 Å². The molecule has 6 heavy (non-hydrogen) atoms. The molecule has 0 rings (SSSR count). The fourth-order valence-electron chi connectivity index (χ4n) is 0. The highest BCUT2D eigenvalue weighted by molar-refractivity contribution is 7.66. The van der Waals surface area contributed by atoms with Crippen molar-refractivity contribution in [3.05, 3.63) is 0 Å². The fourth-order valence-corrected chi connectivity index (χ4v) is 0. The van der Waals surface area contributed by atoms with E-state index in [0.29, 0.717) is 0 Å². The zero-order chi connectivity index (χ0) is 5.21. The zero-order valence-corrected chi connectivity index (χ0v) is 7.27. The molecule has 0 aromatic rings. The lowest BCUT2D eigenvalue weighted by Gasteiger charge is -2.00. The second-order valence-corrected chi connectivity index (χ2v) is 14.9. The van der Waals surface area contributed by atoms with E-state index in [4.69, 9.17) is 22.2 Å². The van der Waals surface area contributed by atoms with Crippen LogP contribution in [0.15, 0.2) is 0 Å². The van der Waals surface area contributed by atoms with Gasteiger partial charge in [0.15, 0.2) is 0 Å². The van der Waals surface area contributed by atoms with Gasteiger partial charge < -0.3 is 0 Å². The zero-order valence-electron chi connectivity index (χ0n) is 3.76. The smallest absolute Gasteiger partial charge is 0.151 e. The summed E-state index contributed by atoms with van der Waals surface area (Å²) in [6.45, 7) is 3.96. The van der Waals surface area contributed by atoms with E-state index in [1.54, 1.807) is 0 Å². The molecule has 36 valence electrons. The summed E-state index contributed by atoms with van der Waals surface area (Å²) in [5, 5.41) is 0. The predicted octanol–water partition coefficient (Wildman–Crippen LogP) is 1.78. The van der Waals surface area contributed by atoms with Crippen molar-refractivity contribution in [2.24, 2.45) is 0 Å². The van der Waals surface area contributed by atoms with Crippen molar-refractivity contribution >= 4 is 37.4 Å². The number of rotatable bonds is 1. The Morgan fingerprint density at radius 2 is 1.67 bits per heavy atom. The average molecular weight is 157 g/mol. The molecular formula is C2H6Cl2Si2. The Hall–Kier alpha value is 1.01. The highest BCUT2D eigenvalue weighted by Crippen LogP contribution is 2.09. The summed E-state index contributed by atoms with van der Waals surface area (Å²) in [5.74, 6) is 0. The van der Waals surface area contributed by atoms with Crippen LogP contribution in [0.25, 0.3) is 0 Å². The van der Waals surface area contributed by atoms with Gasteiger partial charge in [0, 0.05) is 0 Å². The van der Waals surface area contributed by atoms with Crippen molar-refractivity contribution in [3.63, 3.8) is 0 Å². The van der Waals surface area contributed by atoms with Gasteiger partial charge in [-0.2, -0.15) is 22.2 Å². The Bertz CT molecular complexity index is 39.3. The van der Waals surface area contributed by atoms with Crippen molar-refractivity contribution in [1.29, 1.82) is 0 Å². The minimum atomic E-state index is -1.66. The molecular weight excluding hydrogens is 151 g/mol. The summed E-state index contributed by atoms with van der Waals surface area (Å²) in [4.78, 5) is 0. The Morgan fingerprint density at radius 1 is 1.50 bits per heavy atom. The minimum Gasteiger partial charge on any atom is -0.151 e. The topological polar surface area (TPSA) is 0 Å². The summed E-state index contributed by atoms with van der Waals surface area (Å²) < 4.78 is 0. The summed E-state index contributed by atoms with van der Waals surface area (Å²) in [5.41, 5.74) is 0. The molecule has 0 unspecified atom stereocenters. The molecule has 0 heterocycles. The first kappa shape index (κ1) is 7.01. The summed E-state index contributed by atoms with van der Waals surface area (Å²) >= 11 is 11.3. The van der Waals surface area contributed by atoms with Gasteiger partial charge in [0.25, 0.3) is 0 Å². The van der Waals surface area contributed by atoms with Gasteiger partial charge in [-0.15, -0.1) is 0 Å². The molecule has 0 saturated carbocycles. The predicted molar refractivity (Wildman–Crippen MR) is 34.9 cm³/mol. The largest absolute Gasteiger partial charge is 0.230 e. The average Bonchev–Trinajstić information content (AvgIpc) is 1.35. The van der Waals surface area contributed by atoms with Crippen LogP contribution in [0.4, 0.5) is 0 Å². The molecule has 4 heteroatoms. The highest BCUT2D eigenvalue weighted by Gasteiger charge is 2.16. The Morgan fingerprint density at radius 3 is 1.67 bits per heavy atom. The monoisotopic (exact) mass is 156 g/mol. The van der Waals surface area contributed by atoms with Crippen LogP contribution < -0.4 is 0 Å². The van der Waals surface area contributed by atoms with E-state index in [0.717, 1.165) is 9.04 Å². The molecule has 0 aromatic carbocycles. The molecule has 2 radical (unpaired) electrons. The first-order valence-electron chi connectivity index (χ1n) is 1.63. The molecule has 0 saturated heterocycles. The van der Waals surface area contributed by atoms with Gasteiger partial charge in [-0.1, -0.05) is 6.55 Å². The van der Waals surface area contributed by atoms with Crippen LogP contribution in [0.1, 0.15) is 0 Å². The molecule has 0 atom stereocenters. The normalized spacial score (nSPS) is 12.0. The molecule has 0 fully saturated rings. The molecule has 0 spiro atoms. The third-order valence-electron chi connectivity index (χ3n) is 0.439. The van der Waals surface area contributed by atoms with E-state index >= 15 is 0 Å². The van der Waals surface area contributed by atoms with Crippen LogP contribution in [0.2, 0.25) is 13.1 Å². The molecule has 0 amide bonds. The Labute approximate surface area is 50.9 Å². The van der Waals surface area contributed by atoms with E-state index < -0.39 is 6.21 Å². The van der Waals surface area contributed by atoms with Crippen molar-refractivity contribution in [3.8, 4) is 0 Å². The molecule has 0 bridgehead atoms. The van der Waals surface area contributed by atoms with Gasteiger partial charge in [0.2, 0.25) is 6.21 Å². The van der Waals surface area contributed by atoms with Crippen molar-refractivity contribution in [1.82, 2.24) is 0 Å². The van der Waals surface area contributed by atoms with Crippen LogP contribution in [0, 0.1) is 0 Å². The lowest BCUT2D eigenvalue weighted by Crippen LogP contribution is -2.20. The third-order valence-corrected chi connectivity index (χ3v) is 7.35. The van der Waals surface area contributed by atoms with Gasteiger partial charge in [0.1, 0.15) is 0 Å². The second-order valence-electron chi connectivity index (χ2n) is 1.14. The van der Waals surface area contributed by atoms with E-state index in [-0.39, 0.29) is 0 Å². The van der Waals surface area contributed by atoms with Crippen LogP contribution in [-0.2, 0) is 0 Å². The number of hydrogen-bond acceptors (Lipinski definition) is 0. The maximum absolute atomic E-state index is 5.63. The molecule has 0 N–H and O–H groups in total. The first-order valence-corrected chi connectivity index (χ1v) is 8.65. The SMILES string of the molecule is C[Si][Si](C)(Cl)Cl. The number of hydrogen-bond donors (Lipinski definition) is 0. The quantitative estimate of drug-likeness (QED) is 0.402. The van der Waals surface area contributed by atoms with Gasteiger partial charge in [-0.3, -0.25) is 0 Å². The highest BCUT2D eigenvalue weighted by atomic mass is 35.7. The molecule has 0 aliphatic rings. The van der Waals surface area contributed by atoms with Crippen LogP contribution in [0.5, 0.6) is 0 Å². The lowest BCUT2D eigenvalue weighted by molar-refractivity contribution is 2.24. The minimum absolute atomic E-state index is 0.737. The maximum atomic E-state index is 5.63. The van der Waals surface area contributed by atoms with E-state index in [1.807, 2.05) is 13.1 Å². The second kappa shape index (κ2) is 2.35. The molecule has 0 aliphatic carbocycles. The van der Waals surface area contributed by atoms with Crippen molar-refractivity contribution in [2.45, 2.75) is 13.1 Å². The fraction of sp³-hybridized carbons (Fsp3) is 1.00. The van der Waals surface area contributed by atoms with E-state index in [1.165, 1.54) is 0 Å². The van der Waals surface area contributed by atoms with Crippen molar-refractivity contribution in [2.75, 3.05) is 0 Å². The molecule has 0 aromatic heterocycles. The van der Waals surface area contributed by atoms with Gasteiger partial charge in [-0.25, -0.2) is 0 Å². The summed E-state index contributed by atoms with van der Waals surface area (Å²) in [6.07, 6.45) is -1.66. The van der Waals surface area contributed by atoms with Crippen molar-refractivity contribution < 1.29 is 0 Å². The first-order chi connectivity index (χ1) is 2.56. The standard InChI is InChI=1S/C2H6Cl2Si2/c1-5-6(2,3)4/h1-2H3. The molecule has 0 aliphatic heterocycles. The summed E-state index contributed by atoms with van der Waals surface area (Å²) in [7, 11) is 0.737. The third kappa shape index (κ3) is 5.01. The van der Waals surface area contributed by atoms with E-state index in [9.17, 15) is 0 Å². The Kier molecular flexibility index (Phi) is 2.75. The van der Waals surface area contributed by atoms with Gasteiger partial charge in [0.05, 0.1) is 9.04 Å². The van der Waals surface area contributed by atoms with E-state index in [2.05, 4.69) is 0 Å². The summed E-state index contributed by atoms with van der Waals surface area (Å²) in [6, 6.07) is 0. The Balaban J connectivity index is 3.17. The van der Waals surface area contributed by atoms with Crippen LogP contribution in [-0.4, -0.2) is 15.2 Å².